The Bertz CT molecular complexity index is 324. The highest BCUT2D eigenvalue weighted by molar-refractivity contribution is 4.96. The summed E-state index contributed by atoms with van der Waals surface area (Å²) in [6.07, 6.45) is 24.3. The molecular formula is C23H44O2. The zero-order valence-electron chi connectivity index (χ0n) is 16.9. The predicted molar refractivity (Wildman–Crippen MR) is 109 cm³/mol. The molecule has 0 heterocycles. The zero-order valence-corrected chi connectivity index (χ0v) is 16.9. The van der Waals surface area contributed by atoms with E-state index in [-0.39, 0.29) is 6.61 Å². The molecule has 0 saturated heterocycles. The topological polar surface area (TPSA) is 40.5 Å². The van der Waals surface area contributed by atoms with Crippen LogP contribution in [0.25, 0.3) is 0 Å². The molecule has 1 aliphatic carbocycles. The molecule has 0 aromatic rings. The number of hydrogen-bond donors (Lipinski definition) is 2. The van der Waals surface area contributed by atoms with E-state index in [9.17, 15) is 0 Å². The summed E-state index contributed by atoms with van der Waals surface area (Å²) in [4.78, 5) is 0. The molecule has 1 fully saturated rings. The first-order valence-corrected chi connectivity index (χ1v) is 11.2. The summed E-state index contributed by atoms with van der Waals surface area (Å²) in [6, 6.07) is 0. The van der Waals surface area contributed by atoms with Crippen LogP contribution in [0.15, 0.2) is 11.8 Å². The van der Waals surface area contributed by atoms with Crippen molar-refractivity contribution < 1.29 is 10.2 Å². The molecule has 25 heavy (non-hydrogen) atoms. The fourth-order valence-corrected chi connectivity index (χ4v) is 4.53. The Morgan fingerprint density at radius 3 is 1.84 bits per heavy atom. The third-order valence-corrected chi connectivity index (χ3v) is 6.20. The molecule has 2 N–H and O–H groups in total. The van der Waals surface area contributed by atoms with Crippen molar-refractivity contribution in [2.45, 2.75) is 116 Å². The molecule has 148 valence electrons. The van der Waals surface area contributed by atoms with Crippen molar-refractivity contribution in [3.8, 4) is 0 Å². The highest BCUT2D eigenvalue weighted by Crippen LogP contribution is 2.38. The van der Waals surface area contributed by atoms with E-state index in [1.165, 1.54) is 96.3 Å². The minimum atomic E-state index is -0.000195. The van der Waals surface area contributed by atoms with Gasteiger partial charge in [-0.05, 0) is 30.3 Å². The summed E-state index contributed by atoms with van der Waals surface area (Å²) in [6.45, 7) is 2.29. The SMILES string of the molecule is CCCCCCCCCC[C@H]1CCC[C@@H]1CCCCCC(=CO)CO. The second-order valence-electron chi connectivity index (χ2n) is 8.26. The summed E-state index contributed by atoms with van der Waals surface area (Å²) in [5.74, 6) is 1.99. The van der Waals surface area contributed by atoms with Crippen molar-refractivity contribution in [1.29, 1.82) is 0 Å². The minimum absolute atomic E-state index is 0.000195. The van der Waals surface area contributed by atoms with Crippen molar-refractivity contribution >= 4 is 0 Å². The van der Waals surface area contributed by atoms with Crippen molar-refractivity contribution in [2.24, 2.45) is 11.8 Å². The molecule has 0 unspecified atom stereocenters. The third kappa shape index (κ3) is 10.9. The minimum Gasteiger partial charge on any atom is -0.516 e. The lowest BCUT2D eigenvalue weighted by Gasteiger charge is -2.19. The molecule has 0 amide bonds. The number of hydrogen-bond acceptors (Lipinski definition) is 2. The number of aliphatic hydroxyl groups excluding tert-OH is 2. The van der Waals surface area contributed by atoms with E-state index >= 15 is 0 Å². The molecule has 2 atom stereocenters. The van der Waals surface area contributed by atoms with Crippen LogP contribution in [0.5, 0.6) is 0 Å². The lowest BCUT2D eigenvalue weighted by Crippen LogP contribution is -2.08. The first kappa shape index (κ1) is 22.5. The molecule has 0 spiro atoms. The van der Waals surface area contributed by atoms with Crippen molar-refractivity contribution in [3.05, 3.63) is 11.8 Å². The van der Waals surface area contributed by atoms with Gasteiger partial charge in [0.1, 0.15) is 0 Å². The zero-order chi connectivity index (χ0) is 18.2. The summed E-state index contributed by atoms with van der Waals surface area (Å²) in [5, 5.41) is 18.0. The van der Waals surface area contributed by atoms with E-state index < -0.39 is 0 Å². The third-order valence-electron chi connectivity index (χ3n) is 6.20. The molecule has 1 saturated carbocycles. The number of aliphatic hydroxyl groups is 2. The molecule has 0 radical (unpaired) electrons. The monoisotopic (exact) mass is 352 g/mol. The van der Waals surface area contributed by atoms with Crippen LogP contribution in [-0.2, 0) is 0 Å². The lowest BCUT2D eigenvalue weighted by molar-refractivity contribution is 0.312. The van der Waals surface area contributed by atoms with Gasteiger partial charge < -0.3 is 10.2 Å². The van der Waals surface area contributed by atoms with Crippen molar-refractivity contribution in [1.82, 2.24) is 0 Å². The number of unbranched alkanes of at least 4 members (excludes halogenated alkanes) is 9. The van der Waals surface area contributed by atoms with Gasteiger partial charge in [0.05, 0.1) is 12.9 Å². The van der Waals surface area contributed by atoms with Crippen LogP contribution in [0.4, 0.5) is 0 Å². The fourth-order valence-electron chi connectivity index (χ4n) is 4.53. The maximum Gasteiger partial charge on any atom is 0.0806 e. The highest BCUT2D eigenvalue weighted by Gasteiger charge is 2.25. The van der Waals surface area contributed by atoms with Gasteiger partial charge in [-0.2, -0.15) is 0 Å². The summed E-state index contributed by atoms with van der Waals surface area (Å²) in [5.41, 5.74) is 0.772. The smallest absolute Gasteiger partial charge is 0.0806 e. The van der Waals surface area contributed by atoms with Crippen molar-refractivity contribution in [2.75, 3.05) is 6.61 Å². The van der Waals surface area contributed by atoms with Crippen LogP contribution in [-0.4, -0.2) is 16.8 Å². The van der Waals surface area contributed by atoms with Gasteiger partial charge in [-0.25, -0.2) is 0 Å². The van der Waals surface area contributed by atoms with Crippen LogP contribution < -0.4 is 0 Å². The predicted octanol–water partition coefficient (Wildman–Crippen LogP) is 7.32. The van der Waals surface area contributed by atoms with E-state index in [0.717, 1.165) is 36.5 Å². The Balaban J connectivity index is 2.00. The maximum absolute atomic E-state index is 9.04. The van der Waals surface area contributed by atoms with Crippen LogP contribution in [0.1, 0.15) is 116 Å². The largest absolute Gasteiger partial charge is 0.516 e. The average Bonchev–Trinajstić information content (AvgIpc) is 3.08. The Morgan fingerprint density at radius 1 is 0.800 bits per heavy atom. The molecule has 0 bridgehead atoms. The van der Waals surface area contributed by atoms with E-state index in [0.29, 0.717) is 0 Å². The van der Waals surface area contributed by atoms with Crippen LogP contribution in [0, 0.1) is 11.8 Å². The van der Waals surface area contributed by atoms with Gasteiger partial charge in [0.25, 0.3) is 0 Å². The molecule has 2 nitrogen and oxygen atoms in total. The maximum atomic E-state index is 9.04. The van der Waals surface area contributed by atoms with Crippen LogP contribution in [0.2, 0.25) is 0 Å². The van der Waals surface area contributed by atoms with Crippen LogP contribution in [0.3, 0.4) is 0 Å². The highest BCUT2D eigenvalue weighted by atomic mass is 16.3. The number of rotatable bonds is 16. The summed E-state index contributed by atoms with van der Waals surface area (Å²) < 4.78 is 0. The normalized spacial score (nSPS) is 21.1. The van der Waals surface area contributed by atoms with E-state index in [1.54, 1.807) is 0 Å². The van der Waals surface area contributed by atoms with Gasteiger partial charge in [0, 0.05) is 0 Å². The van der Waals surface area contributed by atoms with Gasteiger partial charge in [-0.15, -0.1) is 0 Å². The summed E-state index contributed by atoms with van der Waals surface area (Å²) >= 11 is 0. The molecule has 0 aromatic heterocycles. The summed E-state index contributed by atoms with van der Waals surface area (Å²) in [7, 11) is 0. The Labute approximate surface area is 157 Å². The molecule has 0 aliphatic heterocycles. The van der Waals surface area contributed by atoms with Crippen molar-refractivity contribution in [3.63, 3.8) is 0 Å². The van der Waals surface area contributed by atoms with Gasteiger partial charge in [-0.3, -0.25) is 0 Å². The molecule has 0 aromatic carbocycles. The van der Waals surface area contributed by atoms with Gasteiger partial charge in [0.15, 0.2) is 0 Å². The molecular weight excluding hydrogens is 308 g/mol. The lowest BCUT2D eigenvalue weighted by atomic mass is 9.86. The van der Waals surface area contributed by atoms with Gasteiger partial charge >= 0.3 is 0 Å². The molecule has 2 heteroatoms. The first-order chi connectivity index (χ1) is 12.3. The molecule has 1 rings (SSSR count). The Hall–Kier alpha value is -0.500. The Morgan fingerprint density at radius 2 is 1.32 bits per heavy atom. The van der Waals surface area contributed by atoms with Gasteiger partial charge in [-0.1, -0.05) is 103 Å². The average molecular weight is 353 g/mol. The second kappa shape index (κ2) is 15.7. The fraction of sp³-hybridized carbons (Fsp3) is 0.913. The van der Waals surface area contributed by atoms with E-state index in [1.807, 2.05) is 0 Å². The van der Waals surface area contributed by atoms with Crippen LogP contribution >= 0.6 is 0 Å². The van der Waals surface area contributed by atoms with E-state index in [4.69, 9.17) is 10.2 Å². The Kier molecular flexibility index (Phi) is 14.2. The second-order valence-corrected chi connectivity index (χ2v) is 8.26. The van der Waals surface area contributed by atoms with Gasteiger partial charge in [0.2, 0.25) is 0 Å². The standard InChI is InChI=1S/C23H44O2/c1-2-3-4-5-6-7-8-11-15-22-17-13-18-23(22)16-12-9-10-14-21(19-24)20-25/h19,22-25H,2-18,20H2,1H3/t22-,23-/m0/s1. The quantitative estimate of drug-likeness (QED) is 0.226. The first-order valence-electron chi connectivity index (χ1n) is 11.2. The molecule has 1 aliphatic rings. The van der Waals surface area contributed by atoms with E-state index in [2.05, 4.69) is 6.92 Å².